The fraction of sp³-hybridized carbons (Fsp3) is 0.259. The average molecular weight is 425 g/mol. The van der Waals surface area contributed by atoms with Crippen molar-refractivity contribution in [2.24, 2.45) is 10.9 Å². The molecule has 5 nitrogen and oxygen atoms in total. The number of rotatable bonds is 6. The first-order chi connectivity index (χ1) is 15.8. The summed E-state index contributed by atoms with van der Waals surface area (Å²) in [5, 5.41) is 18.0. The van der Waals surface area contributed by atoms with Crippen LogP contribution in [0.15, 0.2) is 90.1 Å². The molecule has 0 radical (unpaired) electrons. The number of aliphatic hydroxyl groups excluding tert-OH is 1. The highest BCUT2D eigenvalue weighted by Crippen LogP contribution is 2.30. The summed E-state index contributed by atoms with van der Waals surface area (Å²) in [6, 6.07) is 27.0. The van der Waals surface area contributed by atoms with Crippen LogP contribution in [0.5, 0.6) is 0 Å². The van der Waals surface area contributed by atoms with Gasteiger partial charge in [0.05, 0.1) is 17.4 Å². The van der Waals surface area contributed by atoms with Crippen molar-refractivity contribution in [3.8, 4) is 0 Å². The van der Waals surface area contributed by atoms with Crippen LogP contribution in [0.1, 0.15) is 36.8 Å². The number of nitrogens with one attached hydrogen (secondary N) is 1. The topological polar surface area (TPSA) is 61.9 Å². The SMILES string of the molecule is OC[C@@H]1CCCC[C@H]1Nc1cc(N=C(c2ccccc2)c2ccccc2)n2nccc2c1. The minimum absolute atomic E-state index is 0.226. The van der Waals surface area contributed by atoms with Crippen molar-refractivity contribution in [3.05, 3.63) is 96.2 Å². The van der Waals surface area contributed by atoms with Gasteiger partial charge in [0.25, 0.3) is 0 Å². The van der Waals surface area contributed by atoms with Crippen LogP contribution in [0, 0.1) is 5.92 Å². The third kappa shape index (κ3) is 4.30. The molecule has 2 heterocycles. The molecule has 5 heteroatoms. The lowest BCUT2D eigenvalue weighted by atomic mass is 9.85. The molecular formula is C27H28N4O. The van der Waals surface area contributed by atoms with Crippen molar-refractivity contribution in [2.45, 2.75) is 31.7 Å². The van der Waals surface area contributed by atoms with Gasteiger partial charge in [0.2, 0.25) is 0 Å². The number of aromatic nitrogens is 2. The monoisotopic (exact) mass is 424 g/mol. The molecule has 162 valence electrons. The molecule has 0 bridgehead atoms. The number of hydrogen-bond acceptors (Lipinski definition) is 4. The Balaban J connectivity index is 1.59. The van der Waals surface area contributed by atoms with E-state index in [1.54, 1.807) is 6.20 Å². The normalized spacial score (nSPS) is 18.4. The molecule has 4 aromatic rings. The number of pyridine rings is 1. The number of nitrogens with zero attached hydrogens (tertiary/aromatic N) is 3. The molecule has 0 saturated heterocycles. The van der Waals surface area contributed by atoms with Crippen LogP contribution in [0.2, 0.25) is 0 Å². The van der Waals surface area contributed by atoms with Gasteiger partial charge in [0.1, 0.15) is 0 Å². The molecule has 2 aromatic heterocycles. The molecule has 0 spiro atoms. The lowest BCUT2D eigenvalue weighted by Crippen LogP contribution is -2.34. The van der Waals surface area contributed by atoms with E-state index in [0.29, 0.717) is 5.92 Å². The third-order valence-corrected chi connectivity index (χ3v) is 6.29. The zero-order valence-corrected chi connectivity index (χ0v) is 18.1. The molecule has 2 N–H and O–H groups in total. The van der Waals surface area contributed by atoms with E-state index in [2.05, 4.69) is 46.8 Å². The molecule has 1 aliphatic carbocycles. The van der Waals surface area contributed by atoms with Crippen LogP contribution in [0.3, 0.4) is 0 Å². The summed E-state index contributed by atoms with van der Waals surface area (Å²) in [7, 11) is 0. The highest BCUT2D eigenvalue weighted by atomic mass is 16.3. The minimum atomic E-state index is 0.226. The standard InChI is InChI=1S/C27H28N4O/c32-19-22-13-7-8-14-25(22)29-23-17-24-15-16-28-31(24)26(18-23)30-27(20-9-3-1-4-10-20)21-11-5-2-6-12-21/h1-6,9-12,15-18,22,25,29,32H,7-8,13-14,19H2/t22-,25+/m0/s1. The van der Waals surface area contributed by atoms with Gasteiger partial charge in [-0.1, -0.05) is 73.5 Å². The molecule has 32 heavy (non-hydrogen) atoms. The van der Waals surface area contributed by atoms with Gasteiger partial charge in [0, 0.05) is 41.4 Å². The molecule has 1 saturated carbocycles. The lowest BCUT2D eigenvalue weighted by Gasteiger charge is -2.31. The number of hydrogen-bond donors (Lipinski definition) is 2. The Morgan fingerprint density at radius 1 is 0.938 bits per heavy atom. The van der Waals surface area contributed by atoms with Gasteiger partial charge in [-0.25, -0.2) is 9.51 Å². The molecule has 0 unspecified atom stereocenters. The Labute approximate surface area is 188 Å². The number of aliphatic hydroxyl groups is 1. The minimum Gasteiger partial charge on any atom is -0.396 e. The van der Waals surface area contributed by atoms with Crippen molar-refractivity contribution in [1.29, 1.82) is 0 Å². The van der Waals surface area contributed by atoms with E-state index >= 15 is 0 Å². The molecule has 0 aliphatic heterocycles. The van der Waals surface area contributed by atoms with Gasteiger partial charge in [-0.15, -0.1) is 0 Å². The summed E-state index contributed by atoms with van der Waals surface area (Å²) in [4.78, 5) is 5.12. The maximum Gasteiger partial charge on any atom is 0.156 e. The zero-order chi connectivity index (χ0) is 21.8. The second-order valence-electron chi connectivity index (χ2n) is 8.44. The predicted molar refractivity (Wildman–Crippen MR) is 130 cm³/mol. The molecular weight excluding hydrogens is 396 g/mol. The third-order valence-electron chi connectivity index (χ3n) is 6.29. The lowest BCUT2D eigenvalue weighted by molar-refractivity contribution is 0.178. The van der Waals surface area contributed by atoms with E-state index < -0.39 is 0 Å². The number of anilines is 1. The van der Waals surface area contributed by atoms with Gasteiger partial charge in [0.15, 0.2) is 5.82 Å². The van der Waals surface area contributed by atoms with Crippen LogP contribution in [-0.2, 0) is 0 Å². The molecule has 5 rings (SSSR count). The molecule has 1 fully saturated rings. The van der Waals surface area contributed by atoms with E-state index in [-0.39, 0.29) is 12.6 Å². The zero-order valence-electron chi connectivity index (χ0n) is 18.1. The second-order valence-corrected chi connectivity index (χ2v) is 8.44. The summed E-state index contributed by atoms with van der Waals surface area (Å²) in [5.41, 5.74) is 5.04. The second kappa shape index (κ2) is 9.37. The van der Waals surface area contributed by atoms with Crippen LogP contribution in [0.4, 0.5) is 11.5 Å². The van der Waals surface area contributed by atoms with Gasteiger partial charge >= 0.3 is 0 Å². The van der Waals surface area contributed by atoms with Crippen molar-refractivity contribution >= 4 is 22.7 Å². The highest BCUT2D eigenvalue weighted by Gasteiger charge is 2.24. The molecule has 1 aliphatic rings. The molecule has 2 aromatic carbocycles. The quantitative estimate of drug-likeness (QED) is 0.404. The summed E-state index contributed by atoms with van der Waals surface area (Å²) in [6.45, 7) is 0.226. The van der Waals surface area contributed by atoms with Crippen molar-refractivity contribution in [1.82, 2.24) is 9.61 Å². The molecule has 0 amide bonds. The fourth-order valence-electron chi connectivity index (χ4n) is 4.61. The average Bonchev–Trinajstić information content (AvgIpc) is 3.33. The summed E-state index contributed by atoms with van der Waals surface area (Å²) >= 11 is 0. The van der Waals surface area contributed by atoms with E-state index in [1.165, 1.54) is 12.8 Å². The van der Waals surface area contributed by atoms with Crippen LogP contribution >= 0.6 is 0 Å². The Morgan fingerprint density at radius 3 is 2.31 bits per heavy atom. The first kappa shape index (κ1) is 20.5. The van der Waals surface area contributed by atoms with Gasteiger partial charge in [-0.3, -0.25) is 0 Å². The van der Waals surface area contributed by atoms with Crippen LogP contribution in [-0.4, -0.2) is 33.1 Å². The van der Waals surface area contributed by atoms with Crippen LogP contribution < -0.4 is 5.32 Å². The van der Waals surface area contributed by atoms with Gasteiger partial charge < -0.3 is 10.4 Å². The van der Waals surface area contributed by atoms with E-state index in [1.807, 2.05) is 47.0 Å². The fourth-order valence-corrected chi connectivity index (χ4v) is 4.61. The number of fused-ring (bicyclic) bond motifs is 1. The van der Waals surface area contributed by atoms with Crippen LogP contribution in [0.25, 0.3) is 5.52 Å². The van der Waals surface area contributed by atoms with Gasteiger partial charge in [-0.05, 0) is 25.0 Å². The van der Waals surface area contributed by atoms with Crippen molar-refractivity contribution in [2.75, 3.05) is 11.9 Å². The number of benzene rings is 2. The number of aliphatic imine (C=N–C) groups is 1. The van der Waals surface area contributed by atoms with E-state index in [9.17, 15) is 5.11 Å². The summed E-state index contributed by atoms with van der Waals surface area (Å²) < 4.78 is 1.88. The largest absolute Gasteiger partial charge is 0.396 e. The van der Waals surface area contributed by atoms with E-state index in [0.717, 1.165) is 46.7 Å². The predicted octanol–water partition coefficient (Wildman–Crippen LogP) is 5.47. The Kier molecular flexibility index (Phi) is 5.99. The summed E-state index contributed by atoms with van der Waals surface area (Å²) in [5.74, 6) is 1.06. The maximum atomic E-state index is 9.83. The van der Waals surface area contributed by atoms with Crippen molar-refractivity contribution < 1.29 is 5.11 Å². The first-order valence-electron chi connectivity index (χ1n) is 11.4. The van der Waals surface area contributed by atoms with Gasteiger partial charge in [-0.2, -0.15) is 5.10 Å². The van der Waals surface area contributed by atoms with Crippen molar-refractivity contribution in [3.63, 3.8) is 0 Å². The Bertz CT molecular complexity index is 1160. The molecule has 2 atom stereocenters. The Morgan fingerprint density at radius 2 is 1.62 bits per heavy atom. The smallest absolute Gasteiger partial charge is 0.156 e. The first-order valence-corrected chi connectivity index (χ1v) is 11.4. The highest BCUT2D eigenvalue weighted by molar-refractivity contribution is 6.13. The van der Waals surface area contributed by atoms with E-state index in [4.69, 9.17) is 4.99 Å². The Hall–Kier alpha value is -3.44. The maximum absolute atomic E-state index is 9.83. The summed E-state index contributed by atoms with van der Waals surface area (Å²) in [6.07, 6.45) is 6.34.